The Morgan fingerprint density at radius 2 is 1.83 bits per heavy atom. The first kappa shape index (κ1) is 13.8. The summed E-state index contributed by atoms with van der Waals surface area (Å²) in [7, 11) is 1.97. The minimum atomic E-state index is 0.659. The van der Waals surface area contributed by atoms with Gasteiger partial charge < -0.3 is 4.90 Å². The summed E-state index contributed by atoms with van der Waals surface area (Å²) < 4.78 is 2.92. The van der Waals surface area contributed by atoms with Crippen molar-refractivity contribution in [2.24, 2.45) is 0 Å². The topological polar surface area (TPSA) is 59.7 Å². The van der Waals surface area contributed by atoms with Gasteiger partial charge in [0.15, 0.2) is 0 Å². The van der Waals surface area contributed by atoms with E-state index in [9.17, 15) is 0 Å². The van der Waals surface area contributed by atoms with Gasteiger partial charge in [0.1, 0.15) is 5.01 Å². The normalized spacial score (nSPS) is 11.0. The van der Waals surface area contributed by atoms with E-state index in [2.05, 4.69) is 26.6 Å². The summed E-state index contributed by atoms with van der Waals surface area (Å²) in [5, 5.41) is 13.1. The monoisotopic (exact) mass is 322 g/mol. The molecule has 4 aromatic rings. The molecule has 23 heavy (non-hydrogen) atoms. The SMILES string of the molecule is CN(Cc1nc2ccccc2s1)c1nnnn1-c1ccccc1. The highest BCUT2D eigenvalue weighted by molar-refractivity contribution is 7.18. The first-order chi connectivity index (χ1) is 11.3. The molecule has 0 aliphatic rings. The molecule has 0 radical (unpaired) electrons. The zero-order chi connectivity index (χ0) is 15.6. The molecule has 0 atom stereocenters. The molecule has 6 nitrogen and oxygen atoms in total. The number of nitrogens with zero attached hydrogens (tertiary/aromatic N) is 6. The molecule has 0 aliphatic heterocycles. The molecule has 4 rings (SSSR count). The van der Waals surface area contributed by atoms with E-state index < -0.39 is 0 Å². The second-order valence-electron chi connectivity index (χ2n) is 5.16. The smallest absolute Gasteiger partial charge is 0.250 e. The molecule has 7 heteroatoms. The Kier molecular flexibility index (Phi) is 3.47. The van der Waals surface area contributed by atoms with E-state index >= 15 is 0 Å². The highest BCUT2D eigenvalue weighted by Crippen LogP contribution is 2.24. The van der Waals surface area contributed by atoms with E-state index in [-0.39, 0.29) is 0 Å². The second kappa shape index (κ2) is 5.77. The largest absolute Gasteiger partial charge is 0.336 e. The maximum absolute atomic E-state index is 4.66. The van der Waals surface area contributed by atoms with Crippen LogP contribution in [0, 0.1) is 0 Å². The van der Waals surface area contributed by atoms with E-state index in [1.165, 1.54) is 4.70 Å². The van der Waals surface area contributed by atoms with E-state index in [0.717, 1.165) is 16.2 Å². The van der Waals surface area contributed by atoms with Crippen molar-refractivity contribution in [3.8, 4) is 5.69 Å². The van der Waals surface area contributed by atoms with Gasteiger partial charge in [0.2, 0.25) is 5.95 Å². The van der Waals surface area contributed by atoms with Crippen LogP contribution in [0.3, 0.4) is 0 Å². The number of anilines is 1. The van der Waals surface area contributed by atoms with E-state index in [1.54, 1.807) is 16.0 Å². The zero-order valence-corrected chi connectivity index (χ0v) is 13.3. The van der Waals surface area contributed by atoms with Crippen LogP contribution in [0.25, 0.3) is 15.9 Å². The Labute approximate surface area is 137 Å². The third-order valence-electron chi connectivity index (χ3n) is 3.51. The number of fused-ring (bicyclic) bond motifs is 1. The standard InChI is InChI=1S/C16H14N6S/c1-21(11-15-17-13-9-5-6-10-14(13)23-15)16-18-19-20-22(16)12-7-3-2-4-8-12/h2-10H,11H2,1H3. The third kappa shape index (κ3) is 2.66. The highest BCUT2D eigenvalue weighted by atomic mass is 32.1. The van der Waals surface area contributed by atoms with Gasteiger partial charge in [-0.3, -0.25) is 0 Å². The Morgan fingerprint density at radius 3 is 2.65 bits per heavy atom. The van der Waals surface area contributed by atoms with Crippen molar-refractivity contribution in [1.82, 2.24) is 25.2 Å². The summed E-state index contributed by atoms with van der Waals surface area (Å²) in [6, 6.07) is 18.0. The van der Waals surface area contributed by atoms with Gasteiger partial charge >= 0.3 is 0 Å². The van der Waals surface area contributed by atoms with Gasteiger partial charge in [-0.1, -0.05) is 35.4 Å². The van der Waals surface area contributed by atoms with Crippen LogP contribution in [-0.4, -0.2) is 32.2 Å². The van der Waals surface area contributed by atoms with Crippen LogP contribution >= 0.6 is 11.3 Å². The van der Waals surface area contributed by atoms with Gasteiger partial charge in [-0.15, -0.1) is 11.3 Å². The van der Waals surface area contributed by atoms with Crippen molar-refractivity contribution >= 4 is 27.5 Å². The van der Waals surface area contributed by atoms with Gasteiger partial charge in [0, 0.05) is 7.05 Å². The number of rotatable bonds is 4. The van der Waals surface area contributed by atoms with Crippen LogP contribution in [-0.2, 0) is 6.54 Å². The van der Waals surface area contributed by atoms with Crippen LogP contribution in [0.2, 0.25) is 0 Å². The predicted molar refractivity (Wildman–Crippen MR) is 90.9 cm³/mol. The number of tetrazole rings is 1. The lowest BCUT2D eigenvalue weighted by Gasteiger charge is -2.16. The van der Waals surface area contributed by atoms with Crippen molar-refractivity contribution < 1.29 is 0 Å². The van der Waals surface area contributed by atoms with Gasteiger partial charge in [0.05, 0.1) is 22.4 Å². The molecular weight excluding hydrogens is 308 g/mol. The fraction of sp³-hybridized carbons (Fsp3) is 0.125. The van der Waals surface area contributed by atoms with Crippen molar-refractivity contribution in [2.75, 3.05) is 11.9 Å². The maximum Gasteiger partial charge on any atom is 0.250 e. The molecule has 0 amide bonds. The maximum atomic E-state index is 4.66. The molecule has 0 spiro atoms. The molecule has 2 aromatic heterocycles. The minimum Gasteiger partial charge on any atom is -0.336 e. The number of aromatic nitrogens is 5. The fourth-order valence-corrected chi connectivity index (χ4v) is 3.44. The van der Waals surface area contributed by atoms with E-state index in [4.69, 9.17) is 0 Å². The molecule has 0 bridgehead atoms. The van der Waals surface area contributed by atoms with Crippen LogP contribution in [0.4, 0.5) is 5.95 Å². The third-order valence-corrected chi connectivity index (χ3v) is 4.53. The van der Waals surface area contributed by atoms with E-state index in [1.807, 2.05) is 60.5 Å². The quantitative estimate of drug-likeness (QED) is 0.578. The Balaban J connectivity index is 1.62. The van der Waals surface area contributed by atoms with Gasteiger partial charge in [-0.05, 0) is 34.7 Å². The van der Waals surface area contributed by atoms with Gasteiger partial charge in [0.25, 0.3) is 0 Å². The Hall–Kier alpha value is -2.80. The van der Waals surface area contributed by atoms with Crippen LogP contribution in [0.15, 0.2) is 54.6 Å². The summed E-state index contributed by atoms with van der Waals surface area (Å²) in [4.78, 5) is 6.67. The van der Waals surface area contributed by atoms with Crippen LogP contribution in [0.5, 0.6) is 0 Å². The molecule has 2 aromatic carbocycles. The van der Waals surface area contributed by atoms with E-state index in [0.29, 0.717) is 12.5 Å². The van der Waals surface area contributed by atoms with Gasteiger partial charge in [-0.25, -0.2) is 4.98 Å². The lowest BCUT2D eigenvalue weighted by molar-refractivity contribution is 0.771. The summed E-state index contributed by atoms with van der Waals surface area (Å²) in [5.41, 5.74) is 1.97. The number of hydrogen-bond donors (Lipinski definition) is 0. The van der Waals surface area contributed by atoms with Crippen molar-refractivity contribution in [3.63, 3.8) is 0 Å². The summed E-state index contributed by atoms with van der Waals surface area (Å²) >= 11 is 1.69. The molecule has 114 valence electrons. The number of thiazole rings is 1. The molecule has 0 fully saturated rings. The van der Waals surface area contributed by atoms with Crippen LogP contribution in [0.1, 0.15) is 5.01 Å². The number of para-hydroxylation sites is 2. The molecule has 0 aliphatic carbocycles. The molecular formula is C16H14N6S. The lowest BCUT2D eigenvalue weighted by atomic mass is 10.3. The van der Waals surface area contributed by atoms with Crippen molar-refractivity contribution in [2.45, 2.75) is 6.54 Å². The first-order valence-corrected chi connectivity index (χ1v) is 8.02. The number of benzene rings is 2. The average molecular weight is 322 g/mol. The number of hydrogen-bond acceptors (Lipinski definition) is 6. The summed E-state index contributed by atoms with van der Waals surface area (Å²) in [6.07, 6.45) is 0. The van der Waals surface area contributed by atoms with Gasteiger partial charge in [-0.2, -0.15) is 4.68 Å². The Bertz CT molecular complexity index is 897. The molecule has 0 N–H and O–H groups in total. The van der Waals surface area contributed by atoms with Crippen molar-refractivity contribution in [3.05, 3.63) is 59.6 Å². The molecule has 0 saturated heterocycles. The molecule has 0 saturated carbocycles. The summed E-state index contributed by atoms with van der Waals surface area (Å²) in [5.74, 6) is 0.690. The fourth-order valence-electron chi connectivity index (χ4n) is 2.42. The minimum absolute atomic E-state index is 0.659. The lowest BCUT2D eigenvalue weighted by Crippen LogP contribution is -2.20. The highest BCUT2D eigenvalue weighted by Gasteiger charge is 2.14. The predicted octanol–water partition coefficient (Wildman–Crippen LogP) is 2.91. The zero-order valence-electron chi connectivity index (χ0n) is 12.5. The van der Waals surface area contributed by atoms with Crippen LogP contribution < -0.4 is 4.90 Å². The van der Waals surface area contributed by atoms with Crippen molar-refractivity contribution in [1.29, 1.82) is 0 Å². The second-order valence-corrected chi connectivity index (χ2v) is 6.27. The summed E-state index contributed by atoms with van der Waals surface area (Å²) in [6.45, 7) is 0.659. The average Bonchev–Trinajstić information content (AvgIpc) is 3.22. The Morgan fingerprint density at radius 1 is 1.04 bits per heavy atom. The molecule has 0 unspecified atom stereocenters. The molecule has 2 heterocycles. The first-order valence-electron chi connectivity index (χ1n) is 7.20.